The molecule has 0 atom stereocenters. The SMILES string of the molecule is O=C(OCc1ccccc1)C(F)=C(I)C(F)(F)F. The van der Waals surface area contributed by atoms with Crippen molar-refractivity contribution in [3.63, 3.8) is 0 Å². The molecule has 0 saturated carbocycles. The van der Waals surface area contributed by atoms with Crippen LogP contribution in [0.4, 0.5) is 17.6 Å². The Morgan fingerprint density at radius 1 is 1.22 bits per heavy atom. The number of alkyl halides is 3. The number of hydrogen-bond donors (Lipinski definition) is 0. The molecule has 1 rings (SSSR count). The second-order valence-corrected chi connectivity index (χ2v) is 4.27. The van der Waals surface area contributed by atoms with Gasteiger partial charge < -0.3 is 4.74 Å². The summed E-state index contributed by atoms with van der Waals surface area (Å²) in [5, 5.41) is 0. The third-order valence-corrected chi connectivity index (χ3v) is 2.92. The van der Waals surface area contributed by atoms with Gasteiger partial charge >= 0.3 is 12.1 Å². The first-order valence-electron chi connectivity index (χ1n) is 4.66. The molecule has 2 nitrogen and oxygen atoms in total. The normalized spacial score (nSPS) is 12.9. The van der Waals surface area contributed by atoms with Gasteiger partial charge in [-0.2, -0.15) is 17.6 Å². The highest BCUT2D eigenvalue weighted by Gasteiger charge is 2.37. The zero-order chi connectivity index (χ0) is 13.8. The molecule has 7 heteroatoms. The summed E-state index contributed by atoms with van der Waals surface area (Å²) in [5.74, 6) is -3.56. The van der Waals surface area contributed by atoms with Crippen LogP contribution in [0.15, 0.2) is 39.7 Å². The minimum absolute atomic E-state index is 0.283. The number of benzene rings is 1. The second kappa shape index (κ2) is 6.17. The molecule has 0 fully saturated rings. The van der Waals surface area contributed by atoms with Crippen molar-refractivity contribution in [2.24, 2.45) is 0 Å². The van der Waals surface area contributed by atoms with E-state index in [4.69, 9.17) is 0 Å². The van der Waals surface area contributed by atoms with Crippen molar-refractivity contribution in [3.8, 4) is 0 Å². The summed E-state index contributed by atoms with van der Waals surface area (Å²) < 4.78 is 52.2. The largest absolute Gasteiger partial charge is 0.456 e. The number of carbonyl (C=O) groups excluding carboxylic acids is 1. The van der Waals surface area contributed by atoms with Crippen molar-refractivity contribution < 1.29 is 27.1 Å². The number of carbonyl (C=O) groups is 1. The van der Waals surface area contributed by atoms with Crippen molar-refractivity contribution in [1.29, 1.82) is 0 Å². The van der Waals surface area contributed by atoms with E-state index in [-0.39, 0.29) is 6.61 Å². The Hall–Kier alpha value is -1.12. The van der Waals surface area contributed by atoms with Gasteiger partial charge in [-0.25, -0.2) is 4.79 Å². The van der Waals surface area contributed by atoms with Crippen LogP contribution in [-0.4, -0.2) is 12.1 Å². The standard InChI is InChI=1S/C11H7F4IO2/c12-8(9(16)11(13,14)15)10(17)18-6-7-4-2-1-3-5-7/h1-5H,6H2. The van der Waals surface area contributed by atoms with Gasteiger partial charge in [-0.1, -0.05) is 30.3 Å². The molecule has 0 heterocycles. The Balaban J connectivity index is 2.67. The minimum Gasteiger partial charge on any atom is -0.456 e. The summed E-state index contributed by atoms with van der Waals surface area (Å²) in [5.41, 5.74) is 0.556. The van der Waals surface area contributed by atoms with Gasteiger partial charge in [0.1, 0.15) is 10.2 Å². The number of rotatable bonds is 3. The van der Waals surface area contributed by atoms with Crippen LogP contribution < -0.4 is 0 Å². The predicted molar refractivity (Wildman–Crippen MR) is 64.4 cm³/mol. The van der Waals surface area contributed by atoms with E-state index in [9.17, 15) is 22.4 Å². The zero-order valence-electron chi connectivity index (χ0n) is 8.80. The molecule has 0 aliphatic carbocycles. The van der Waals surface area contributed by atoms with Crippen LogP contribution in [0.3, 0.4) is 0 Å². The van der Waals surface area contributed by atoms with Crippen LogP contribution in [0.25, 0.3) is 0 Å². The highest BCUT2D eigenvalue weighted by molar-refractivity contribution is 14.1. The van der Waals surface area contributed by atoms with E-state index in [2.05, 4.69) is 4.74 Å². The highest BCUT2D eigenvalue weighted by Crippen LogP contribution is 2.34. The third kappa shape index (κ3) is 4.28. The first kappa shape index (κ1) is 14.9. The van der Waals surface area contributed by atoms with E-state index >= 15 is 0 Å². The van der Waals surface area contributed by atoms with Gasteiger partial charge in [-0.3, -0.25) is 0 Å². The Kier molecular flexibility index (Phi) is 5.12. The Morgan fingerprint density at radius 2 is 1.78 bits per heavy atom. The number of esters is 1. The molecule has 0 unspecified atom stereocenters. The lowest BCUT2D eigenvalue weighted by Gasteiger charge is -2.07. The maximum atomic E-state index is 13.1. The topological polar surface area (TPSA) is 26.3 Å². The summed E-state index contributed by atoms with van der Waals surface area (Å²) in [4.78, 5) is 11.0. The van der Waals surface area contributed by atoms with Crippen molar-refractivity contribution in [1.82, 2.24) is 0 Å². The van der Waals surface area contributed by atoms with E-state index in [1.54, 1.807) is 30.3 Å². The van der Waals surface area contributed by atoms with Gasteiger partial charge in [0.25, 0.3) is 0 Å². The maximum Gasteiger partial charge on any atom is 0.425 e. The van der Waals surface area contributed by atoms with E-state index < -0.39 is 21.6 Å². The van der Waals surface area contributed by atoms with Crippen molar-refractivity contribution in [2.75, 3.05) is 0 Å². The molecule has 0 aromatic heterocycles. The number of hydrogen-bond acceptors (Lipinski definition) is 2. The van der Waals surface area contributed by atoms with Crippen LogP contribution in [0.1, 0.15) is 5.56 Å². The molecule has 0 N–H and O–H groups in total. The first-order chi connectivity index (χ1) is 8.32. The third-order valence-electron chi connectivity index (χ3n) is 1.83. The van der Waals surface area contributed by atoms with E-state index in [1.807, 2.05) is 0 Å². The van der Waals surface area contributed by atoms with E-state index in [1.165, 1.54) is 0 Å². The van der Waals surface area contributed by atoms with Gasteiger partial charge in [0.05, 0.1) is 0 Å². The molecule has 0 amide bonds. The Bertz CT molecular complexity index is 454. The molecule has 0 radical (unpaired) electrons. The molecule has 0 aliphatic rings. The average Bonchev–Trinajstić information content (AvgIpc) is 2.34. The second-order valence-electron chi connectivity index (χ2n) is 3.19. The zero-order valence-corrected chi connectivity index (χ0v) is 11.0. The summed E-state index contributed by atoms with van der Waals surface area (Å²) in [6.45, 7) is -0.283. The highest BCUT2D eigenvalue weighted by atomic mass is 127. The smallest absolute Gasteiger partial charge is 0.425 e. The van der Waals surface area contributed by atoms with Crippen molar-refractivity contribution in [3.05, 3.63) is 45.3 Å². The van der Waals surface area contributed by atoms with Crippen LogP contribution in [0.2, 0.25) is 0 Å². The molecule has 1 aromatic carbocycles. The number of halogens is 5. The fourth-order valence-corrected chi connectivity index (χ4v) is 1.22. The summed E-state index contributed by atoms with van der Waals surface area (Å²) >= 11 is 0.723. The quantitative estimate of drug-likeness (QED) is 0.347. The van der Waals surface area contributed by atoms with Crippen LogP contribution in [0.5, 0.6) is 0 Å². The Morgan fingerprint density at radius 3 is 2.28 bits per heavy atom. The lowest BCUT2D eigenvalue weighted by atomic mass is 10.2. The van der Waals surface area contributed by atoms with E-state index in [0.29, 0.717) is 5.56 Å². The summed E-state index contributed by atoms with van der Waals surface area (Å²) in [6.07, 6.45) is -4.89. The minimum atomic E-state index is -4.89. The average molecular weight is 374 g/mol. The van der Waals surface area contributed by atoms with Gasteiger partial charge in [-0.05, 0) is 28.2 Å². The van der Waals surface area contributed by atoms with Gasteiger partial charge in [0, 0.05) is 0 Å². The van der Waals surface area contributed by atoms with Gasteiger partial charge in [0.2, 0.25) is 5.83 Å². The van der Waals surface area contributed by atoms with Crippen molar-refractivity contribution >= 4 is 28.6 Å². The van der Waals surface area contributed by atoms with Crippen LogP contribution in [0, 0.1) is 0 Å². The predicted octanol–water partition coefficient (Wildman–Crippen LogP) is 3.91. The van der Waals surface area contributed by atoms with Crippen molar-refractivity contribution in [2.45, 2.75) is 12.8 Å². The van der Waals surface area contributed by atoms with Crippen LogP contribution >= 0.6 is 22.6 Å². The molecule has 0 spiro atoms. The van der Waals surface area contributed by atoms with Gasteiger partial charge in [0.15, 0.2) is 0 Å². The molecule has 0 aliphatic heterocycles. The van der Waals surface area contributed by atoms with Crippen LogP contribution in [-0.2, 0) is 16.1 Å². The maximum absolute atomic E-state index is 13.1. The Labute approximate surface area is 114 Å². The fourth-order valence-electron chi connectivity index (χ4n) is 1.00. The molecular formula is C11H7F4IO2. The first-order valence-corrected chi connectivity index (χ1v) is 5.73. The molecule has 98 valence electrons. The lowest BCUT2D eigenvalue weighted by Crippen LogP contribution is -2.14. The fraction of sp³-hybridized carbons (Fsp3) is 0.182. The molecule has 0 saturated heterocycles. The molecule has 18 heavy (non-hydrogen) atoms. The van der Waals surface area contributed by atoms with Gasteiger partial charge in [-0.15, -0.1) is 0 Å². The monoisotopic (exact) mass is 374 g/mol. The molecule has 0 bridgehead atoms. The lowest BCUT2D eigenvalue weighted by molar-refractivity contribution is -0.143. The molecule has 1 aromatic rings. The summed E-state index contributed by atoms with van der Waals surface area (Å²) in [7, 11) is 0. The number of ether oxygens (including phenoxy) is 1. The summed E-state index contributed by atoms with van der Waals surface area (Å²) in [6, 6.07) is 8.25. The van der Waals surface area contributed by atoms with E-state index in [0.717, 1.165) is 22.6 Å². The number of allylic oxidation sites excluding steroid dienone is 1. The molecular weight excluding hydrogens is 367 g/mol.